The molecular weight excluding hydrogens is 340 g/mol. The van der Waals surface area contributed by atoms with Gasteiger partial charge in [-0.3, -0.25) is 9.59 Å². The van der Waals surface area contributed by atoms with Gasteiger partial charge in [0.15, 0.2) is 0 Å². The van der Waals surface area contributed by atoms with Crippen LogP contribution in [0.1, 0.15) is 37.7 Å². The summed E-state index contributed by atoms with van der Waals surface area (Å²) in [6, 6.07) is 10.8. The van der Waals surface area contributed by atoms with Crippen molar-refractivity contribution >= 4 is 17.5 Å². The number of likely N-dealkylation sites (N-methyl/N-ethyl adjacent to an activating group) is 1. The number of carbonyl (C=O) groups is 2. The summed E-state index contributed by atoms with van der Waals surface area (Å²) in [4.78, 5) is 28.7. The van der Waals surface area contributed by atoms with Gasteiger partial charge in [0.25, 0.3) is 5.91 Å². The average Bonchev–Trinajstić information content (AvgIpc) is 2.70. The highest BCUT2D eigenvalue weighted by atomic mass is 16.2. The summed E-state index contributed by atoms with van der Waals surface area (Å²) >= 11 is 0. The predicted molar refractivity (Wildman–Crippen MR) is 106 cm³/mol. The number of piperidine rings is 1. The van der Waals surface area contributed by atoms with Crippen molar-refractivity contribution in [3.8, 4) is 0 Å². The topological polar surface area (TPSA) is 56.2 Å². The Kier molecular flexibility index (Phi) is 6.61. The lowest BCUT2D eigenvalue weighted by atomic mass is 10.0. The van der Waals surface area contributed by atoms with Crippen molar-refractivity contribution in [3.63, 3.8) is 0 Å². The fourth-order valence-corrected chi connectivity index (χ4v) is 3.89. The zero-order chi connectivity index (χ0) is 19.2. The number of hydrazone groups is 1. The molecule has 2 aliphatic heterocycles. The number of likely N-dealkylation sites (tertiary alicyclic amines) is 1. The first kappa shape index (κ1) is 19.5. The molecule has 6 heteroatoms. The maximum absolute atomic E-state index is 12.8. The molecule has 1 atom stereocenters. The molecular formula is C21H30N4O2. The Morgan fingerprint density at radius 3 is 2.78 bits per heavy atom. The number of hydrogen-bond acceptors (Lipinski definition) is 4. The maximum Gasteiger partial charge on any atom is 0.270 e. The Labute approximate surface area is 161 Å². The van der Waals surface area contributed by atoms with Gasteiger partial charge in [-0.05, 0) is 44.3 Å². The van der Waals surface area contributed by atoms with Gasteiger partial charge in [0.05, 0.1) is 0 Å². The molecule has 2 heterocycles. The molecule has 6 nitrogen and oxygen atoms in total. The minimum Gasteiger partial charge on any atom is -0.336 e. The van der Waals surface area contributed by atoms with Gasteiger partial charge in [-0.15, -0.1) is 0 Å². The van der Waals surface area contributed by atoms with Gasteiger partial charge in [0, 0.05) is 39.5 Å². The van der Waals surface area contributed by atoms with E-state index >= 15 is 0 Å². The van der Waals surface area contributed by atoms with Gasteiger partial charge in [0.1, 0.15) is 5.71 Å². The van der Waals surface area contributed by atoms with Crippen LogP contribution in [0.2, 0.25) is 0 Å². The first-order valence-corrected chi connectivity index (χ1v) is 9.92. The minimum absolute atomic E-state index is 0.0311. The third kappa shape index (κ3) is 5.16. The Morgan fingerprint density at radius 2 is 2.04 bits per heavy atom. The monoisotopic (exact) mass is 370 g/mol. The highest BCUT2D eigenvalue weighted by Gasteiger charge is 2.30. The number of nitrogens with zero attached hydrogens (tertiary/aromatic N) is 4. The number of benzene rings is 1. The summed E-state index contributed by atoms with van der Waals surface area (Å²) in [5.41, 5.74) is 1.88. The third-order valence-corrected chi connectivity index (χ3v) is 5.59. The SMILES string of the molecule is CN1N=C(C(=O)N(C)[C@@H]2CCCN(CCCc3ccccc3)C2)CCC1=O. The molecule has 1 aromatic carbocycles. The van der Waals surface area contributed by atoms with E-state index in [9.17, 15) is 9.59 Å². The summed E-state index contributed by atoms with van der Waals surface area (Å²) in [7, 11) is 3.49. The molecule has 0 aromatic heterocycles. The lowest BCUT2D eigenvalue weighted by molar-refractivity contribution is -0.131. The Bertz CT molecular complexity index is 689. The van der Waals surface area contributed by atoms with E-state index in [4.69, 9.17) is 0 Å². The molecule has 0 spiro atoms. The Balaban J connectivity index is 1.50. The summed E-state index contributed by atoms with van der Waals surface area (Å²) in [6.45, 7) is 3.08. The molecule has 2 amide bonds. The zero-order valence-corrected chi connectivity index (χ0v) is 16.4. The van der Waals surface area contributed by atoms with Crippen molar-refractivity contribution in [3.05, 3.63) is 35.9 Å². The minimum atomic E-state index is -0.0366. The van der Waals surface area contributed by atoms with Crippen LogP contribution in [0.25, 0.3) is 0 Å². The van der Waals surface area contributed by atoms with Crippen molar-refractivity contribution in [1.29, 1.82) is 0 Å². The van der Waals surface area contributed by atoms with E-state index in [1.165, 1.54) is 10.6 Å². The first-order valence-electron chi connectivity index (χ1n) is 9.92. The van der Waals surface area contributed by atoms with Crippen molar-refractivity contribution in [2.75, 3.05) is 33.7 Å². The fourth-order valence-electron chi connectivity index (χ4n) is 3.89. The van der Waals surface area contributed by atoms with Crippen molar-refractivity contribution in [2.45, 2.75) is 44.6 Å². The number of aryl methyl sites for hydroxylation is 1. The van der Waals surface area contributed by atoms with Crippen molar-refractivity contribution in [2.24, 2.45) is 5.10 Å². The highest BCUT2D eigenvalue weighted by Crippen LogP contribution is 2.18. The summed E-state index contributed by atoms with van der Waals surface area (Å²) in [5.74, 6) is -0.0676. The molecule has 0 unspecified atom stereocenters. The number of rotatable bonds is 6. The van der Waals surface area contributed by atoms with E-state index in [0.29, 0.717) is 18.6 Å². The molecule has 1 fully saturated rings. The summed E-state index contributed by atoms with van der Waals surface area (Å²) in [5, 5.41) is 5.47. The van der Waals surface area contributed by atoms with Gasteiger partial charge in [-0.25, -0.2) is 5.01 Å². The van der Waals surface area contributed by atoms with E-state index in [-0.39, 0.29) is 17.9 Å². The normalized spacial score (nSPS) is 21.1. The lowest BCUT2D eigenvalue weighted by Gasteiger charge is -2.38. The summed E-state index contributed by atoms with van der Waals surface area (Å²) < 4.78 is 0. The van der Waals surface area contributed by atoms with Crippen molar-refractivity contribution in [1.82, 2.24) is 14.8 Å². The van der Waals surface area contributed by atoms with Crippen LogP contribution in [0, 0.1) is 0 Å². The largest absolute Gasteiger partial charge is 0.336 e. The van der Waals surface area contributed by atoms with Gasteiger partial charge in [0.2, 0.25) is 5.91 Å². The van der Waals surface area contributed by atoms with E-state index in [1.54, 1.807) is 7.05 Å². The molecule has 1 aromatic rings. The van der Waals surface area contributed by atoms with Gasteiger partial charge >= 0.3 is 0 Å². The highest BCUT2D eigenvalue weighted by molar-refractivity contribution is 6.39. The first-order chi connectivity index (χ1) is 13.0. The maximum atomic E-state index is 12.8. The Hall–Kier alpha value is -2.21. The van der Waals surface area contributed by atoms with E-state index in [1.807, 2.05) is 11.9 Å². The molecule has 27 heavy (non-hydrogen) atoms. The van der Waals surface area contributed by atoms with Crippen LogP contribution in [0.5, 0.6) is 0 Å². The molecule has 2 aliphatic rings. The fraction of sp³-hybridized carbons (Fsp3) is 0.571. The van der Waals surface area contributed by atoms with Gasteiger partial charge in [-0.1, -0.05) is 30.3 Å². The van der Waals surface area contributed by atoms with Crippen LogP contribution in [-0.2, 0) is 16.0 Å². The van der Waals surface area contributed by atoms with Crippen LogP contribution in [0.4, 0.5) is 0 Å². The second-order valence-electron chi connectivity index (χ2n) is 7.57. The van der Waals surface area contributed by atoms with Gasteiger partial charge < -0.3 is 9.80 Å². The van der Waals surface area contributed by atoms with Crippen LogP contribution in [-0.4, -0.2) is 72.1 Å². The smallest absolute Gasteiger partial charge is 0.270 e. The van der Waals surface area contributed by atoms with Crippen LogP contribution < -0.4 is 0 Å². The predicted octanol–water partition coefficient (Wildman–Crippen LogP) is 2.15. The molecule has 0 radical (unpaired) electrons. The number of amides is 2. The van der Waals surface area contributed by atoms with Crippen molar-refractivity contribution < 1.29 is 9.59 Å². The van der Waals surface area contributed by atoms with Crippen LogP contribution in [0.3, 0.4) is 0 Å². The van der Waals surface area contributed by atoms with Crippen LogP contribution in [0.15, 0.2) is 35.4 Å². The summed E-state index contributed by atoms with van der Waals surface area (Å²) in [6.07, 6.45) is 5.17. The molecule has 146 valence electrons. The van der Waals surface area contributed by atoms with E-state index < -0.39 is 0 Å². The standard InChI is InChI=1S/C21H30N4O2/c1-23(21(27)19-12-13-20(26)24(2)22-19)18-11-7-15-25(16-18)14-6-10-17-8-4-3-5-9-17/h3-5,8-9,18H,6-7,10-16H2,1-2H3/t18-/m1/s1. The van der Waals surface area contributed by atoms with E-state index in [0.717, 1.165) is 45.3 Å². The van der Waals surface area contributed by atoms with Crippen LogP contribution >= 0.6 is 0 Å². The van der Waals surface area contributed by atoms with E-state index in [2.05, 4.69) is 40.3 Å². The van der Waals surface area contributed by atoms with Gasteiger partial charge in [-0.2, -0.15) is 5.10 Å². The average molecular weight is 370 g/mol. The number of carbonyl (C=O) groups excluding carboxylic acids is 2. The lowest BCUT2D eigenvalue weighted by Crippen LogP contribution is -2.51. The second-order valence-corrected chi connectivity index (χ2v) is 7.57. The molecule has 1 saturated heterocycles. The Morgan fingerprint density at radius 1 is 1.26 bits per heavy atom. The third-order valence-electron chi connectivity index (χ3n) is 5.59. The quantitative estimate of drug-likeness (QED) is 0.771. The molecule has 0 saturated carbocycles. The zero-order valence-electron chi connectivity index (χ0n) is 16.4. The molecule has 0 bridgehead atoms. The molecule has 0 N–H and O–H groups in total. The molecule has 0 aliphatic carbocycles. The number of hydrogen-bond donors (Lipinski definition) is 0. The second kappa shape index (κ2) is 9.13. The molecule has 3 rings (SSSR count).